The third-order valence-corrected chi connectivity index (χ3v) is 3.16. The van der Waals surface area contributed by atoms with Gasteiger partial charge in [-0.25, -0.2) is 8.42 Å². The van der Waals surface area contributed by atoms with E-state index in [4.69, 9.17) is 5.11 Å². The molecule has 0 fully saturated rings. The van der Waals surface area contributed by atoms with Crippen LogP contribution in [0.15, 0.2) is 29.2 Å². The summed E-state index contributed by atoms with van der Waals surface area (Å²) in [4.78, 5) is 9.88. The van der Waals surface area contributed by atoms with Crippen molar-refractivity contribution in [1.29, 1.82) is 0 Å². The summed E-state index contributed by atoms with van der Waals surface area (Å²) >= 11 is 0. The highest BCUT2D eigenvalue weighted by Crippen LogP contribution is 2.22. The molecule has 0 bridgehead atoms. The summed E-state index contributed by atoms with van der Waals surface area (Å²) < 4.78 is 22.6. The van der Waals surface area contributed by atoms with E-state index < -0.39 is 27.3 Å². The minimum Gasteiger partial charge on any atom is -0.507 e. The van der Waals surface area contributed by atoms with Crippen LogP contribution in [0.3, 0.4) is 0 Å². The smallest absolute Gasteiger partial charge is 0.319 e. The first kappa shape index (κ1) is 10.5. The Labute approximate surface area is 80.5 Å². The standard InChI is InChI=1S/C8H8O5S/c9-6-3-1-2-4-7(6)14(12,13)5-8(10)11/h1-4,9H,5H2,(H,10,11). The Balaban J connectivity index is 3.17. The van der Waals surface area contributed by atoms with Crippen LogP contribution >= 0.6 is 0 Å². The number of benzene rings is 1. The summed E-state index contributed by atoms with van der Waals surface area (Å²) in [5.74, 6) is -2.91. The number of para-hydroxylation sites is 1. The van der Waals surface area contributed by atoms with Crippen molar-refractivity contribution >= 4 is 15.8 Å². The largest absolute Gasteiger partial charge is 0.507 e. The molecule has 14 heavy (non-hydrogen) atoms. The Bertz CT molecular complexity index is 449. The molecule has 0 aliphatic rings. The van der Waals surface area contributed by atoms with Gasteiger partial charge < -0.3 is 10.2 Å². The minimum absolute atomic E-state index is 0.359. The molecule has 0 aliphatic heterocycles. The third kappa shape index (κ3) is 2.23. The lowest BCUT2D eigenvalue weighted by molar-refractivity contribution is -0.134. The fraction of sp³-hybridized carbons (Fsp3) is 0.125. The molecule has 5 nitrogen and oxygen atoms in total. The molecule has 0 radical (unpaired) electrons. The quantitative estimate of drug-likeness (QED) is 0.755. The first-order valence-corrected chi connectivity index (χ1v) is 5.31. The second-order valence-electron chi connectivity index (χ2n) is 2.62. The summed E-state index contributed by atoms with van der Waals surface area (Å²) in [5.41, 5.74) is 0. The van der Waals surface area contributed by atoms with Crippen LogP contribution in [0, 0.1) is 0 Å². The van der Waals surface area contributed by atoms with Gasteiger partial charge in [0.05, 0.1) is 0 Å². The highest BCUT2D eigenvalue weighted by Gasteiger charge is 2.21. The van der Waals surface area contributed by atoms with Crippen molar-refractivity contribution in [2.45, 2.75) is 4.90 Å². The van der Waals surface area contributed by atoms with E-state index in [1.54, 1.807) is 0 Å². The zero-order chi connectivity index (χ0) is 10.8. The van der Waals surface area contributed by atoms with Crippen molar-refractivity contribution in [3.05, 3.63) is 24.3 Å². The molecular formula is C8H8O5S. The number of carboxylic acid groups (broad SMARTS) is 1. The van der Waals surface area contributed by atoms with Crippen molar-refractivity contribution in [3.8, 4) is 5.75 Å². The highest BCUT2D eigenvalue weighted by molar-refractivity contribution is 7.92. The normalized spacial score (nSPS) is 11.1. The first-order chi connectivity index (χ1) is 6.43. The van der Waals surface area contributed by atoms with Crippen LogP contribution in [-0.4, -0.2) is 30.4 Å². The maximum absolute atomic E-state index is 11.3. The van der Waals surface area contributed by atoms with Crippen LogP contribution in [-0.2, 0) is 14.6 Å². The number of phenolic OH excluding ortho intramolecular Hbond substituents is 1. The molecule has 2 N–H and O–H groups in total. The second kappa shape index (κ2) is 3.67. The van der Waals surface area contributed by atoms with E-state index in [-0.39, 0.29) is 4.90 Å². The van der Waals surface area contributed by atoms with Crippen molar-refractivity contribution in [3.63, 3.8) is 0 Å². The van der Waals surface area contributed by atoms with Crippen LogP contribution in [0.5, 0.6) is 5.75 Å². The number of carbonyl (C=O) groups is 1. The zero-order valence-corrected chi connectivity index (χ0v) is 7.86. The number of carboxylic acids is 1. The van der Waals surface area contributed by atoms with Gasteiger partial charge in [0.25, 0.3) is 0 Å². The Morgan fingerprint density at radius 2 is 1.86 bits per heavy atom. The molecule has 6 heteroatoms. The zero-order valence-electron chi connectivity index (χ0n) is 7.04. The average Bonchev–Trinajstić information content (AvgIpc) is 2.02. The molecule has 0 spiro atoms. The van der Waals surface area contributed by atoms with E-state index in [9.17, 15) is 18.3 Å². The summed E-state index contributed by atoms with van der Waals surface area (Å²) in [6.07, 6.45) is 0. The fourth-order valence-electron chi connectivity index (χ4n) is 0.960. The molecule has 0 saturated heterocycles. The molecule has 0 heterocycles. The average molecular weight is 216 g/mol. The van der Waals surface area contributed by atoms with E-state index in [2.05, 4.69) is 0 Å². The highest BCUT2D eigenvalue weighted by atomic mass is 32.2. The summed E-state index contributed by atoms with van der Waals surface area (Å²) in [6.45, 7) is 0. The van der Waals surface area contributed by atoms with Crippen molar-refractivity contribution in [1.82, 2.24) is 0 Å². The van der Waals surface area contributed by atoms with Gasteiger partial charge in [0.1, 0.15) is 10.6 Å². The number of hydrogen-bond acceptors (Lipinski definition) is 4. The lowest BCUT2D eigenvalue weighted by Gasteiger charge is -2.02. The minimum atomic E-state index is -3.94. The molecule has 0 unspecified atom stereocenters. The van der Waals surface area contributed by atoms with Gasteiger partial charge >= 0.3 is 5.97 Å². The number of aliphatic carboxylic acids is 1. The Morgan fingerprint density at radius 3 is 2.36 bits per heavy atom. The molecule has 0 atom stereocenters. The maximum Gasteiger partial charge on any atom is 0.319 e. The van der Waals surface area contributed by atoms with E-state index in [1.807, 2.05) is 0 Å². The number of hydrogen-bond donors (Lipinski definition) is 2. The molecule has 1 aromatic rings. The van der Waals surface area contributed by atoms with Crippen LogP contribution < -0.4 is 0 Å². The van der Waals surface area contributed by atoms with Gasteiger partial charge in [-0.05, 0) is 12.1 Å². The molecule has 0 saturated carbocycles. The molecular weight excluding hydrogens is 208 g/mol. The van der Waals surface area contributed by atoms with E-state index in [0.717, 1.165) is 6.07 Å². The first-order valence-electron chi connectivity index (χ1n) is 3.66. The third-order valence-electron chi connectivity index (χ3n) is 1.51. The van der Waals surface area contributed by atoms with E-state index in [1.165, 1.54) is 18.2 Å². The van der Waals surface area contributed by atoms with Crippen molar-refractivity contribution < 1.29 is 23.4 Å². The van der Waals surface area contributed by atoms with Crippen LogP contribution in [0.4, 0.5) is 0 Å². The summed E-state index contributed by atoms with van der Waals surface area (Å²) in [6, 6.07) is 5.21. The second-order valence-corrected chi connectivity index (χ2v) is 4.58. The lowest BCUT2D eigenvalue weighted by Crippen LogP contribution is -2.15. The van der Waals surface area contributed by atoms with Crippen LogP contribution in [0.25, 0.3) is 0 Å². The molecule has 1 aromatic carbocycles. The van der Waals surface area contributed by atoms with E-state index >= 15 is 0 Å². The Morgan fingerprint density at radius 1 is 1.29 bits per heavy atom. The molecule has 0 aliphatic carbocycles. The monoisotopic (exact) mass is 216 g/mol. The van der Waals surface area contributed by atoms with Gasteiger partial charge in [0.2, 0.25) is 0 Å². The summed E-state index contributed by atoms with van der Waals surface area (Å²) in [7, 11) is -3.94. The fourth-order valence-corrected chi connectivity index (χ4v) is 2.11. The molecule has 0 amide bonds. The van der Waals surface area contributed by atoms with Gasteiger partial charge in [-0.1, -0.05) is 12.1 Å². The van der Waals surface area contributed by atoms with Crippen molar-refractivity contribution in [2.24, 2.45) is 0 Å². The number of aromatic hydroxyl groups is 1. The lowest BCUT2D eigenvalue weighted by atomic mass is 10.3. The van der Waals surface area contributed by atoms with Crippen LogP contribution in [0.1, 0.15) is 0 Å². The van der Waals surface area contributed by atoms with Crippen LogP contribution in [0.2, 0.25) is 0 Å². The molecule has 0 aromatic heterocycles. The van der Waals surface area contributed by atoms with Gasteiger partial charge in [-0.2, -0.15) is 0 Å². The van der Waals surface area contributed by atoms with Gasteiger partial charge in [-0.3, -0.25) is 4.79 Å². The Kier molecular flexibility index (Phi) is 2.76. The molecule has 1 rings (SSSR count). The number of rotatable bonds is 3. The van der Waals surface area contributed by atoms with Gasteiger partial charge in [-0.15, -0.1) is 0 Å². The predicted molar refractivity (Wildman–Crippen MR) is 47.8 cm³/mol. The van der Waals surface area contributed by atoms with E-state index in [0.29, 0.717) is 0 Å². The predicted octanol–water partition coefficient (Wildman–Crippen LogP) is 0.251. The number of phenols is 1. The number of sulfone groups is 1. The van der Waals surface area contributed by atoms with Gasteiger partial charge in [0.15, 0.2) is 15.6 Å². The SMILES string of the molecule is O=C(O)CS(=O)(=O)c1ccccc1O. The van der Waals surface area contributed by atoms with Gasteiger partial charge in [0, 0.05) is 0 Å². The topological polar surface area (TPSA) is 91.7 Å². The maximum atomic E-state index is 11.3. The van der Waals surface area contributed by atoms with Crippen molar-refractivity contribution in [2.75, 3.05) is 5.75 Å². The molecule has 76 valence electrons. The Hall–Kier alpha value is -1.56. The summed E-state index contributed by atoms with van der Waals surface area (Å²) in [5, 5.41) is 17.5.